The Hall–Kier alpha value is -4.58. The number of fused-ring (bicyclic) bond motifs is 4. The van der Waals surface area contributed by atoms with Crippen molar-refractivity contribution >= 4 is 27.7 Å². The van der Waals surface area contributed by atoms with Crippen LogP contribution in [-0.4, -0.2) is 65.4 Å². The van der Waals surface area contributed by atoms with Gasteiger partial charge in [0.15, 0.2) is 5.75 Å². The lowest BCUT2D eigenvalue weighted by Crippen LogP contribution is -2.41. The molecule has 0 radical (unpaired) electrons. The molecule has 2 aliphatic rings. The van der Waals surface area contributed by atoms with E-state index >= 15 is 0 Å². The maximum absolute atomic E-state index is 14.5. The second kappa shape index (κ2) is 14.1. The highest BCUT2D eigenvalue weighted by atomic mass is 32.2. The van der Waals surface area contributed by atoms with Gasteiger partial charge in [-0.2, -0.15) is 0 Å². The van der Waals surface area contributed by atoms with Crippen molar-refractivity contribution in [1.29, 1.82) is 0 Å². The van der Waals surface area contributed by atoms with Gasteiger partial charge in [0.25, 0.3) is 15.9 Å². The van der Waals surface area contributed by atoms with E-state index in [1.54, 1.807) is 31.6 Å². The standard InChI is InChI=1S/C37H45N7O4S/c1-23(2)18-29-16-17-31-35(48-6)34(33-24(3)10-7-11-25(33)4)41-37(40-31)42-49(46,47)30-15-8-12-26(19-30)36(45)44(29)22-27-20-38-21-32(39-27)43(5)28-13-9-14-28/h7-8,10-12,15,19-21,23,28-29H,9,13-14,16-18,22H2,1-6H3,(H,40,41,42)/t29-/m0/s1. The molecule has 0 unspecified atom stereocenters. The zero-order chi connectivity index (χ0) is 34.9. The number of aromatic nitrogens is 4. The third kappa shape index (κ3) is 7.24. The molecule has 1 N–H and O–H groups in total. The molecule has 1 amide bonds. The maximum atomic E-state index is 14.5. The second-order valence-electron chi connectivity index (χ2n) is 13.6. The number of aryl methyl sites for hydroxylation is 3. The van der Waals surface area contributed by atoms with Gasteiger partial charge < -0.3 is 14.5 Å². The zero-order valence-corrected chi connectivity index (χ0v) is 29.9. The minimum Gasteiger partial charge on any atom is -0.493 e. The van der Waals surface area contributed by atoms with Crippen LogP contribution >= 0.6 is 0 Å². The highest BCUT2D eigenvalue weighted by molar-refractivity contribution is 7.92. The van der Waals surface area contributed by atoms with Gasteiger partial charge in [0, 0.05) is 30.3 Å². The smallest absolute Gasteiger partial charge is 0.264 e. The highest BCUT2D eigenvalue weighted by Crippen LogP contribution is 2.37. The van der Waals surface area contributed by atoms with Crippen LogP contribution in [0.3, 0.4) is 0 Å². The Morgan fingerprint density at radius 3 is 2.43 bits per heavy atom. The molecule has 2 aromatic heterocycles. The summed E-state index contributed by atoms with van der Waals surface area (Å²) in [5.74, 6) is 1.19. The number of carbonyl (C=O) groups excluding carboxylic acids is 1. The van der Waals surface area contributed by atoms with Crippen LogP contribution in [0.2, 0.25) is 0 Å². The van der Waals surface area contributed by atoms with Gasteiger partial charge in [-0.25, -0.2) is 28.1 Å². The fourth-order valence-electron chi connectivity index (χ4n) is 6.82. The van der Waals surface area contributed by atoms with E-state index in [1.807, 2.05) is 44.0 Å². The molecule has 1 aliphatic heterocycles. The lowest BCUT2D eigenvalue weighted by atomic mass is 9.92. The lowest BCUT2D eigenvalue weighted by Gasteiger charge is -2.36. The van der Waals surface area contributed by atoms with E-state index in [0.29, 0.717) is 48.1 Å². The Morgan fingerprint density at radius 1 is 1.02 bits per heavy atom. The SMILES string of the molecule is COc1c2nc(nc1-c1c(C)cccc1C)NS(=O)(=O)c1cccc(c1)C(=O)N(Cc1cncc(N(C)C3CCC3)n1)[C@H](CC(C)C)CC2. The zero-order valence-electron chi connectivity index (χ0n) is 29.1. The Morgan fingerprint density at radius 2 is 1.76 bits per heavy atom. The van der Waals surface area contributed by atoms with Crippen LogP contribution in [0.1, 0.15) is 78.8 Å². The monoisotopic (exact) mass is 683 g/mol. The number of hydrogen-bond donors (Lipinski definition) is 1. The largest absolute Gasteiger partial charge is 0.493 e. The molecule has 0 saturated heterocycles. The molecule has 6 rings (SSSR count). The molecule has 1 aliphatic carbocycles. The number of rotatable bonds is 8. The maximum Gasteiger partial charge on any atom is 0.264 e. The summed E-state index contributed by atoms with van der Waals surface area (Å²) in [7, 11) is -0.544. The van der Waals surface area contributed by atoms with E-state index in [4.69, 9.17) is 19.7 Å². The van der Waals surface area contributed by atoms with Crippen molar-refractivity contribution in [3.8, 4) is 17.0 Å². The van der Waals surface area contributed by atoms with Gasteiger partial charge in [-0.05, 0) is 87.6 Å². The Bertz CT molecular complexity index is 1940. The number of ether oxygens (including phenoxy) is 1. The van der Waals surface area contributed by atoms with Crippen molar-refractivity contribution in [2.45, 2.75) is 89.7 Å². The molecule has 0 spiro atoms. The number of benzene rings is 2. The number of sulfonamides is 1. The molecule has 2 aromatic carbocycles. The van der Waals surface area contributed by atoms with E-state index in [0.717, 1.165) is 35.3 Å². The van der Waals surface area contributed by atoms with Gasteiger partial charge >= 0.3 is 0 Å². The lowest BCUT2D eigenvalue weighted by molar-refractivity contribution is 0.0621. The Balaban J connectivity index is 1.49. The van der Waals surface area contributed by atoms with E-state index in [-0.39, 0.29) is 40.8 Å². The first-order valence-corrected chi connectivity index (χ1v) is 18.4. The molecule has 11 nitrogen and oxygen atoms in total. The summed E-state index contributed by atoms with van der Waals surface area (Å²) in [6, 6.07) is 12.3. The Labute approximate surface area is 289 Å². The van der Waals surface area contributed by atoms with Crippen molar-refractivity contribution < 1.29 is 17.9 Å². The fraction of sp³-hybridized carbons (Fsp3) is 0.432. The predicted octanol–water partition coefficient (Wildman–Crippen LogP) is 6.35. The molecular weight excluding hydrogens is 639 g/mol. The fourth-order valence-corrected chi connectivity index (χ4v) is 7.81. The van der Waals surface area contributed by atoms with Crippen LogP contribution in [-0.2, 0) is 23.0 Å². The van der Waals surface area contributed by atoms with Gasteiger partial charge in [-0.1, -0.05) is 38.1 Å². The molecule has 49 heavy (non-hydrogen) atoms. The summed E-state index contributed by atoms with van der Waals surface area (Å²) in [5.41, 5.74) is 4.82. The van der Waals surface area contributed by atoms with E-state index in [1.165, 1.54) is 18.6 Å². The van der Waals surface area contributed by atoms with Crippen LogP contribution in [0.25, 0.3) is 11.3 Å². The molecule has 4 bridgehead atoms. The van der Waals surface area contributed by atoms with Crippen molar-refractivity contribution in [3.63, 3.8) is 0 Å². The third-order valence-corrected chi connectivity index (χ3v) is 10.9. The summed E-state index contributed by atoms with van der Waals surface area (Å²) < 4.78 is 36.2. The number of anilines is 2. The average molecular weight is 684 g/mol. The average Bonchev–Trinajstić information content (AvgIpc) is 3.04. The first-order valence-electron chi connectivity index (χ1n) is 16.9. The number of nitrogens with one attached hydrogen (secondary N) is 1. The molecule has 1 saturated carbocycles. The van der Waals surface area contributed by atoms with Crippen molar-refractivity contribution in [2.24, 2.45) is 5.92 Å². The van der Waals surface area contributed by atoms with Crippen molar-refractivity contribution in [3.05, 3.63) is 82.9 Å². The van der Waals surface area contributed by atoms with Gasteiger partial charge in [0.2, 0.25) is 5.95 Å². The van der Waals surface area contributed by atoms with Crippen LogP contribution in [0.5, 0.6) is 5.75 Å². The summed E-state index contributed by atoms with van der Waals surface area (Å²) >= 11 is 0. The molecule has 1 fully saturated rings. The Kier molecular flexibility index (Phi) is 9.87. The first kappa shape index (κ1) is 34.3. The van der Waals surface area contributed by atoms with Gasteiger partial charge in [0.1, 0.15) is 11.5 Å². The number of hydrogen-bond acceptors (Lipinski definition) is 9. The van der Waals surface area contributed by atoms with E-state index < -0.39 is 10.0 Å². The summed E-state index contributed by atoms with van der Waals surface area (Å²) in [4.78, 5) is 37.4. The van der Waals surface area contributed by atoms with Crippen molar-refractivity contribution in [1.82, 2.24) is 24.8 Å². The normalized spacial score (nSPS) is 17.7. The van der Waals surface area contributed by atoms with Gasteiger partial charge in [-0.3, -0.25) is 9.78 Å². The van der Waals surface area contributed by atoms with E-state index in [2.05, 4.69) is 28.5 Å². The topological polar surface area (TPSA) is 131 Å². The van der Waals surface area contributed by atoms with Crippen LogP contribution in [0.4, 0.5) is 11.8 Å². The van der Waals surface area contributed by atoms with Gasteiger partial charge in [-0.15, -0.1) is 0 Å². The minimum atomic E-state index is -4.16. The first-order chi connectivity index (χ1) is 23.4. The quantitative estimate of drug-likeness (QED) is 0.226. The molecule has 4 aromatic rings. The summed E-state index contributed by atoms with van der Waals surface area (Å²) in [6.07, 6.45) is 8.59. The molecule has 12 heteroatoms. The molecular formula is C37H45N7O4S. The minimum absolute atomic E-state index is 0.0515. The molecule has 3 heterocycles. The van der Waals surface area contributed by atoms with E-state index in [9.17, 15) is 13.2 Å². The van der Waals surface area contributed by atoms with Crippen LogP contribution in [0.15, 0.2) is 59.8 Å². The van der Waals surface area contributed by atoms with Crippen molar-refractivity contribution in [2.75, 3.05) is 23.8 Å². The molecule has 258 valence electrons. The highest BCUT2D eigenvalue weighted by Gasteiger charge is 2.31. The number of nitrogens with zero attached hydrogens (tertiary/aromatic N) is 6. The van der Waals surface area contributed by atoms with Crippen LogP contribution in [0, 0.1) is 19.8 Å². The molecule has 1 atom stereocenters. The second-order valence-corrected chi connectivity index (χ2v) is 15.3. The predicted molar refractivity (Wildman–Crippen MR) is 190 cm³/mol. The third-order valence-electron chi connectivity index (χ3n) is 9.62. The summed E-state index contributed by atoms with van der Waals surface area (Å²) in [6.45, 7) is 8.47. The number of amides is 1. The number of carbonyl (C=O) groups is 1. The summed E-state index contributed by atoms with van der Waals surface area (Å²) in [5, 5.41) is 0. The van der Waals surface area contributed by atoms with Crippen LogP contribution < -0.4 is 14.4 Å². The number of methoxy groups -OCH3 is 1. The van der Waals surface area contributed by atoms with Gasteiger partial charge in [0.05, 0.1) is 42.3 Å².